The Hall–Kier alpha value is -3.18. The number of benzene rings is 2. The maximum absolute atomic E-state index is 15.2. The highest BCUT2D eigenvalue weighted by Gasteiger charge is 2.31. The van der Waals surface area contributed by atoms with Crippen molar-refractivity contribution in [3.8, 4) is 5.75 Å². The quantitative estimate of drug-likeness (QED) is 0.408. The van der Waals surface area contributed by atoms with Crippen molar-refractivity contribution in [2.45, 2.75) is 37.8 Å². The molecule has 1 atom stereocenters. The number of anilines is 3. The third kappa shape index (κ3) is 5.89. The van der Waals surface area contributed by atoms with Gasteiger partial charge in [0.2, 0.25) is 11.8 Å². The molecule has 3 aliphatic rings. The van der Waals surface area contributed by atoms with Gasteiger partial charge < -0.3 is 19.9 Å². The summed E-state index contributed by atoms with van der Waals surface area (Å²) in [5.41, 5.74) is 1.02. The van der Waals surface area contributed by atoms with Crippen LogP contribution in [-0.4, -0.2) is 75.2 Å². The lowest BCUT2D eigenvalue weighted by molar-refractivity contribution is -0.133. The fourth-order valence-electron chi connectivity index (χ4n) is 5.64. The van der Waals surface area contributed by atoms with Gasteiger partial charge in [0.25, 0.3) is 0 Å². The van der Waals surface area contributed by atoms with Gasteiger partial charge in [-0.15, -0.1) is 0 Å². The molecule has 39 heavy (non-hydrogen) atoms. The zero-order valence-electron chi connectivity index (χ0n) is 21.6. The number of methoxy groups -OCH3 is 1. The Morgan fingerprint density at radius 1 is 0.872 bits per heavy atom. The van der Waals surface area contributed by atoms with Gasteiger partial charge in [-0.05, 0) is 25.3 Å². The highest BCUT2D eigenvalue weighted by Crippen LogP contribution is 2.35. The summed E-state index contributed by atoms with van der Waals surface area (Å²) < 4.78 is 49.0. The Labute approximate surface area is 230 Å². The van der Waals surface area contributed by atoms with E-state index in [0.717, 1.165) is 38.1 Å². The third-order valence-corrected chi connectivity index (χ3v) is 8.09. The predicted molar refractivity (Wildman–Crippen MR) is 143 cm³/mol. The molecule has 0 spiro atoms. The van der Waals surface area contributed by atoms with Crippen LogP contribution in [0.4, 0.5) is 30.2 Å². The van der Waals surface area contributed by atoms with E-state index in [1.165, 1.54) is 13.2 Å². The molecule has 12 heteroatoms. The molecule has 0 aliphatic carbocycles. The third-order valence-electron chi connectivity index (χ3n) is 7.80. The van der Waals surface area contributed by atoms with Crippen LogP contribution < -0.4 is 25.2 Å². The van der Waals surface area contributed by atoms with Crippen LogP contribution in [-0.2, 0) is 9.59 Å². The number of nitrogens with zero attached hydrogens (tertiary/aromatic N) is 3. The Morgan fingerprint density at radius 3 is 2.18 bits per heavy atom. The van der Waals surface area contributed by atoms with Crippen molar-refractivity contribution in [1.29, 1.82) is 0 Å². The number of carbonyl (C=O) groups excluding carboxylic acids is 2. The standard InChI is InChI=1S/C27H31ClF3N5O3/c1-39-25-15-24(20(31)13-22(25)32-21-2-3-26(37)33-27(21)38)35-6-4-16(5-7-35)34-8-10-36(11-9-34)23-14-18(29)17(28)12-19(23)30/h12-16,21,32H,2-11H2,1H3,(H,33,37,38). The summed E-state index contributed by atoms with van der Waals surface area (Å²) in [4.78, 5) is 29.7. The highest BCUT2D eigenvalue weighted by molar-refractivity contribution is 6.30. The van der Waals surface area contributed by atoms with Gasteiger partial charge in [-0.2, -0.15) is 0 Å². The molecule has 5 rings (SSSR count). The number of hydrogen-bond acceptors (Lipinski definition) is 7. The number of hydrogen-bond donors (Lipinski definition) is 2. The molecule has 0 saturated carbocycles. The minimum absolute atomic E-state index is 0.215. The summed E-state index contributed by atoms with van der Waals surface area (Å²) in [7, 11) is 1.49. The molecular formula is C27H31ClF3N5O3. The van der Waals surface area contributed by atoms with E-state index < -0.39 is 29.4 Å². The van der Waals surface area contributed by atoms with Gasteiger partial charge >= 0.3 is 0 Å². The first-order valence-electron chi connectivity index (χ1n) is 13.1. The first-order valence-corrected chi connectivity index (χ1v) is 13.5. The molecule has 3 heterocycles. The molecule has 3 aliphatic heterocycles. The number of nitrogens with one attached hydrogen (secondary N) is 2. The largest absolute Gasteiger partial charge is 0.495 e. The summed E-state index contributed by atoms with van der Waals surface area (Å²) in [5.74, 6) is -1.92. The lowest BCUT2D eigenvalue weighted by Crippen LogP contribution is -2.53. The Bertz CT molecular complexity index is 1250. The Balaban J connectivity index is 1.18. The number of piperidine rings is 2. The van der Waals surface area contributed by atoms with Gasteiger partial charge in [0.15, 0.2) is 0 Å². The van der Waals surface area contributed by atoms with Crippen molar-refractivity contribution in [3.63, 3.8) is 0 Å². The first-order chi connectivity index (χ1) is 18.7. The Kier molecular flexibility index (Phi) is 8.08. The van der Waals surface area contributed by atoms with Gasteiger partial charge in [-0.3, -0.25) is 19.8 Å². The normalized spacial score (nSPS) is 21.2. The van der Waals surface area contributed by atoms with Crippen LogP contribution in [0.5, 0.6) is 5.75 Å². The average molecular weight is 566 g/mol. The number of rotatable bonds is 6. The summed E-state index contributed by atoms with van der Waals surface area (Å²) >= 11 is 5.69. The second-order valence-corrected chi connectivity index (χ2v) is 10.5. The molecule has 0 bridgehead atoms. The minimum Gasteiger partial charge on any atom is -0.495 e. The van der Waals surface area contributed by atoms with E-state index in [2.05, 4.69) is 15.5 Å². The maximum atomic E-state index is 15.2. The zero-order valence-corrected chi connectivity index (χ0v) is 22.4. The number of piperazine rings is 1. The maximum Gasteiger partial charge on any atom is 0.249 e. The Morgan fingerprint density at radius 2 is 1.51 bits per heavy atom. The molecule has 2 N–H and O–H groups in total. The second kappa shape index (κ2) is 11.5. The summed E-state index contributed by atoms with van der Waals surface area (Å²) in [6, 6.07) is 4.81. The number of halogens is 4. The van der Waals surface area contributed by atoms with Gasteiger partial charge in [0.05, 0.1) is 29.2 Å². The van der Waals surface area contributed by atoms with Gasteiger partial charge in [0, 0.05) is 69.9 Å². The van der Waals surface area contributed by atoms with E-state index in [-0.39, 0.29) is 23.0 Å². The number of ether oxygens (including phenoxy) is 1. The highest BCUT2D eigenvalue weighted by atomic mass is 35.5. The molecule has 210 valence electrons. The van der Waals surface area contributed by atoms with Gasteiger partial charge in [-0.25, -0.2) is 13.2 Å². The monoisotopic (exact) mass is 565 g/mol. The zero-order chi connectivity index (χ0) is 27.7. The van der Waals surface area contributed by atoms with Crippen LogP contribution in [0, 0.1) is 17.5 Å². The van der Waals surface area contributed by atoms with E-state index in [9.17, 15) is 18.4 Å². The first kappa shape index (κ1) is 27.4. The van der Waals surface area contributed by atoms with E-state index in [0.29, 0.717) is 55.8 Å². The molecule has 3 saturated heterocycles. The van der Waals surface area contributed by atoms with Crippen molar-refractivity contribution >= 4 is 40.5 Å². The average Bonchev–Trinajstić information content (AvgIpc) is 2.93. The smallest absolute Gasteiger partial charge is 0.249 e. The topological polar surface area (TPSA) is 77.2 Å². The fraction of sp³-hybridized carbons (Fsp3) is 0.481. The number of amides is 2. The molecular weight excluding hydrogens is 535 g/mol. The van der Waals surface area contributed by atoms with Crippen molar-refractivity contribution in [2.24, 2.45) is 0 Å². The minimum atomic E-state index is -0.645. The van der Waals surface area contributed by atoms with Crippen LogP contribution >= 0.6 is 11.6 Å². The summed E-state index contributed by atoms with van der Waals surface area (Å²) in [6.45, 7) is 3.90. The van der Waals surface area contributed by atoms with Crippen molar-refractivity contribution in [3.05, 3.63) is 46.7 Å². The van der Waals surface area contributed by atoms with E-state index >= 15 is 4.39 Å². The number of carbonyl (C=O) groups is 2. The molecule has 0 aromatic heterocycles. The second-order valence-electron chi connectivity index (χ2n) is 10.1. The lowest BCUT2D eigenvalue weighted by Gasteiger charge is -2.44. The van der Waals surface area contributed by atoms with E-state index in [4.69, 9.17) is 16.3 Å². The van der Waals surface area contributed by atoms with Crippen LogP contribution in [0.1, 0.15) is 25.7 Å². The summed E-state index contributed by atoms with van der Waals surface area (Å²) in [5, 5.41) is 5.07. The van der Waals surface area contributed by atoms with Crippen molar-refractivity contribution in [2.75, 3.05) is 61.5 Å². The van der Waals surface area contributed by atoms with Crippen molar-refractivity contribution < 1.29 is 27.5 Å². The van der Waals surface area contributed by atoms with E-state index in [1.54, 1.807) is 6.07 Å². The molecule has 1 unspecified atom stereocenters. The SMILES string of the molecule is COc1cc(N2CCC(N3CCN(c4cc(F)c(Cl)cc4F)CC3)CC2)c(F)cc1NC1CCC(=O)NC1=O. The number of imide groups is 1. The molecule has 0 radical (unpaired) electrons. The molecule has 2 aromatic rings. The van der Waals surface area contributed by atoms with Gasteiger partial charge in [-0.1, -0.05) is 11.6 Å². The molecule has 3 fully saturated rings. The van der Waals surface area contributed by atoms with Crippen LogP contribution in [0.2, 0.25) is 5.02 Å². The lowest BCUT2D eigenvalue weighted by atomic mass is 10.0. The van der Waals surface area contributed by atoms with Gasteiger partial charge in [0.1, 0.15) is 29.2 Å². The predicted octanol–water partition coefficient (Wildman–Crippen LogP) is 3.77. The van der Waals surface area contributed by atoms with Crippen LogP contribution in [0.25, 0.3) is 0 Å². The molecule has 2 aromatic carbocycles. The molecule has 2 amide bonds. The van der Waals surface area contributed by atoms with Crippen LogP contribution in [0.15, 0.2) is 24.3 Å². The van der Waals surface area contributed by atoms with Crippen molar-refractivity contribution in [1.82, 2.24) is 10.2 Å². The van der Waals surface area contributed by atoms with E-state index in [1.807, 2.05) is 9.80 Å². The fourth-order valence-corrected chi connectivity index (χ4v) is 5.79. The van der Waals surface area contributed by atoms with Crippen LogP contribution in [0.3, 0.4) is 0 Å². The summed E-state index contributed by atoms with van der Waals surface area (Å²) in [6.07, 6.45) is 2.21. The molecule has 8 nitrogen and oxygen atoms in total.